The molecule has 1 heterocycles. The number of rotatable bonds is 5. The number of ether oxygens (including phenoxy) is 1. The van der Waals surface area contributed by atoms with Gasteiger partial charge in [-0.2, -0.15) is 5.26 Å². The largest absolute Gasteiger partial charge is 0.487 e. The van der Waals surface area contributed by atoms with Crippen LogP contribution >= 0.6 is 43.5 Å². The molecule has 0 atom stereocenters. The van der Waals surface area contributed by atoms with Gasteiger partial charge in [-0.05, 0) is 86.2 Å². The summed E-state index contributed by atoms with van der Waals surface area (Å²) in [5, 5.41) is 10.1. The van der Waals surface area contributed by atoms with E-state index in [-0.39, 0.29) is 11.5 Å². The van der Waals surface area contributed by atoms with Crippen molar-refractivity contribution in [3.63, 3.8) is 0 Å². The van der Waals surface area contributed by atoms with Gasteiger partial charge in [0.15, 0.2) is 0 Å². The van der Waals surface area contributed by atoms with Crippen molar-refractivity contribution in [2.45, 2.75) is 19.4 Å². The van der Waals surface area contributed by atoms with Gasteiger partial charge in [-0.25, -0.2) is 0 Å². The van der Waals surface area contributed by atoms with E-state index in [1.165, 1.54) is 0 Å². The second-order valence-corrected chi connectivity index (χ2v) is 8.54. The normalized spacial score (nSPS) is 14.1. The van der Waals surface area contributed by atoms with Crippen LogP contribution in [0, 0.1) is 11.3 Å². The first-order valence-corrected chi connectivity index (χ1v) is 10.7. The second-order valence-electron chi connectivity index (χ2n) is 6.40. The predicted molar refractivity (Wildman–Crippen MR) is 117 cm³/mol. The maximum absolute atomic E-state index is 12.5. The summed E-state index contributed by atoms with van der Waals surface area (Å²) in [6, 6.07) is 13.1. The minimum absolute atomic E-state index is 0.135. The Morgan fingerprint density at radius 3 is 2.36 bits per heavy atom. The van der Waals surface area contributed by atoms with E-state index in [2.05, 4.69) is 31.9 Å². The zero-order chi connectivity index (χ0) is 20.1. The Morgan fingerprint density at radius 1 is 1.18 bits per heavy atom. The van der Waals surface area contributed by atoms with Gasteiger partial charge in [0.2, 0.25) is 0 Å². The zero-order valence-corrected chi connectivity index (χ0v) is 18.8. The smallest absolute Gasteiger partial charge is 0.264 e. The monoisotopic (exact) mass is 522 g/mol. The first kappa shape index (κ1) is 20.9. The average Bonchev–Trinajstić information content (AvgIpc) is 3.21. The fourth-order valence-electron chi connectivity index (χ4n) is 2.94. The van der Waals surface area contributed by atoms with Crippen LogP contribution in [0.2, 0.25) is 5.02 Å². The molecule has 0 N–H and O–H groups in total. The van der Waals surface area contributed by atoms with Gasteiger partial charge in [0.25, 0.3) is 5.91 Å². The highest BCUT2D eigenvalue weighted by Crippen LogP contribution is 2.36. The minimum atomic E-state index is -0.213. The molecule has 0 unspecified atom stereocenters. The van der Waals surface area contributed by atoms with E-state index >= 15 is 0 Å². The molecule has 1 aliphatic rings. The van der Waals surface area contributed by atoms with Crippen molar-refractivity contribution in [1.29, 1.82) is 5.26 Å². The van der Waals surface area contributed by atoms with Gasteiger partial charge in [0.1, 0.15) is 24.0 Å². The van der Waals surface area contributed by atoms with Crippen LogP contribution in [0.3, 0.4) is 0 Å². The lowest BCUT2D eigenvalue weighted by Gasteiger charge is -2.14. The van der Waals surface area contributed by atoms with Crippen LogP contribution in [-0.4, -0.2) is 23.9 Å². The van der Waals surface area contributed by atoms with Gasteiger partial charge >= 0.3 is 0 Å². The average molecular weight is 525 g/mol. The lowest BCUT2D eigenvalue weighted by Crippen LogP contribution is -2.28. The summed E-state index contributed by atoms with van der Waals surface area (Å²) in [6.45, 7) is 1.81. The molecule has 1 fully saturated rings. The third-order valence-electron chi connectivity index (χ3n) is 4.37. The topological polar surface area (TPSA) is 53.3 Å². The Hall–Kier alpha value is -1.81. The van der Waals surface area contributed by atoms with Gasteiger partial charge in [-0.3, -0.25) is 4.79 Å². The molecular formula is C21H17Br2ClN2O2. The van der Waals surface area contributed by atoms with E-state index in [9.17, 15) is 10.1 Å². The molecular weight excluding hydrogens is 508 g/mol. The minimum Gasteiger partial charge on any atom is -0.487 e. The first-order valence-electron chi connectivity index (χ1n) is 8.75. The van der Waals surface area contributed by atoms with E-state index < -0.39 is 0 Å². The molecule has 0 aliphatic carbocycles. The van der Waals surface area contributed by atoms with Crippen LogP contribution in [0.25, 0.3) is 6.08 Å². The second kappa shape index (κ2) is 9.60. The molecule has 4 nitrogen and oxygen atoms in total. The number of benzene rings is 2. The van der Waals surface area contributed by atoms with Crippen LogP contribution in [0.4, 0.5) is 0 Å². The third-order valence-corrected chi connectivity index (χ3v) is 5.80. The van der Waals surface area contributed by atoms with Crippen LogP contribution in [-0.2, 0) is 11.4 Å². The standard InChI is InChI=1S/C21H17Br2ClN2O2/c22-18-10-15(9-16(12-25)21(27)26-7-1-2-8-26)11-19(23)20(18)28-13-14-3-5-17(24)6-4-14/h3-6,9-11H,1-2,7-8,13H2/b16-9+. The summed E-state index contributed by atoms with van der Waals surface area (Å²) in [6.07, 6.45) is 3.58. The van der Waals surface area contributed by atoms with E-state index in [1.807, 2.05) is 42.5 Å². The molecule has 2 aromatic carbocycles. The lowest BCUT2D eigenvalue weighted by molar-refractivity contribution is -0.125. The van der Waals surface area contributed by atoms with Crippen molar-refractivity contribution >= 4 is 55.4 Å². The third kappa shape index (κ3) is 5.16. The van der Waals surface area contributed by atoms with E-state index in [4.69, 9.17) is 16.3 Å². The highest BCUT2D eigenvalue weighted by molar-refractivity contribution is 9.11. The summed E-state index contributed by atoms with van der Waals surface area (Å²) in [7, 11) is 0. The summed E-state index contributed by atoms with van der Waals surface area (Å²) in [4.78, 5) is 14.2. The first-order chi connectivity index (χ1) is 13.5. The summed E-state index contributed by atoms with van der Waals surface area (Å²) in [5.41, 5.74) is 1.87. The molecule has 0 aromatic heterocycles. The number of nitriles is 1. The Morgan fingerprint density at radius 2 is 1.79 bits per heavy atom. The number of amides is 1. The Labute approximate surface area is 186 Å². The summed E-state index contributed by atoms with van der Waals surface area (Å²) >= 11 is 12.9. The number of nitrogens with zero attached hydrogens (tertiary/aromatic N) is 2. The van der Waals surface area contributed by atoms with Crippen molar-refractivity contribution in [2.24, 2.45) is 0 Å². The van der Waals surface area contributed by atoms with E-state index in [0.29, 0.717) is 30.5 Å². The SMILES string of the molecule is N#C/C(=C\c1cc(Br)c(OCc2ccc(Cl)cc2)c(Br)c1)C(=O)N1CCCC1. The van der Waals surface area contributed by atoms with Gasteiger partial charge in [0, 0.05) is 18.1 Å². The predicted octanol–water partition coefficient (Wildman–Crippen LogP) is 5.97. The van der Waals surface area contributed by atoms with Crippen molar-refractivity contribution in [3.8, 4) is 11.8 Å². The molecule has 144 valence electrons. The molecule has 28 heavy (non-hydrogen) atoms. The van der Waals surface area contributed by atoms with Gasteiger partial charge < -0.3 is 9.64 Å². The molecule has 3 rings (SSSR count). The van der Waals surface area contributed by atoms with E-state index in [0.717, 1.165) is 32.9 Å². The molecule has 2 aromatic rings. The van der Waals surface area contributed by atoms with Crippen molar-refractivity contribution in [1.82, 2.24) is 4.90 Å². The quantitative estimate of drug-likeness (QED) is 0.358. The highest BCUT2D eigenvalue weighted by Gasteiger charge is 2.21. The number of carbonyl (C=O) groups excluding carboxylic acids is 1. The van der Waals surface area contributed by atoms with Crippen LogP contribution < -0.4 is 4.74 Å². The van der Waals surface area contributed by atoms with E-state index in [1.54, 1.807) is 11.0 Å². The molecule has 1 saturated heterocycles. The van der Waals surface area contributed by atoms with Crippen molar-refractivity contribution in [3.05, 3.63) is 67.1 Å². The molecule has 1 aliphatic heterocycles. The highest BCUT2D eigenvalue weighted by atomic mass is 79.9. The fourth-order valence-corrected chi connectivity index (χ4v) is 4.51. The molecule has 0 spiro atoms. The van der Waals surface area contributed by atoms with Crippen molar-refractivity contribution in [2.75, 3.05) is 13.1 Å². The summed E-state index contributed by atoms with van der Waals surface area (Å²) < 4.78 is 7.37. The molecule has 0 radical (unpaired) electrons. The molecule has 0 saturated carbocycles. The van der Waals surface area contributed by atoms with Crippen LogP contribution in [0.1, 0.15) is 24.0 Å². The number of hydrogen-bond acceptors (Lipinski definition) is 3. The zero-order valence-electron chi connectivity index (χ0n) is 14.9. The Balaban J connectivity index is 1.77. The van der Waals surface area contributed by atoms with Crippen molar-refractivity contribution < 1.29 is 9.53 Å². The van der Waals surface area contributed by atoms with Gasteiger partial charge in [0.05, 0.1) is 8.95 Å². The number of likely N-dealkylation sites (tertiary alicyclic amines) is 1. The molecule has 1 amide bonds. The van der Waals surface area contributed by atoms with Crippen LogP contribution in [0.5, 0.6) is 5.75 Å². The molecule has 0 bridgehead atoms. The Kier molecular flexibility index (Phi) is 7.17. The number of hydrogen-bond donors (Lipinski definition) is 0. The maximum Gasteiger partial charge on any atom is 0.264 e. The fraction of sp³-hybridized carbons (Fsp3) is 0.238. The van der Waals surface area contributed by atoms with Gasteiger partial charge in [-0.1, -0.05) is 23.7 Å². The summed E-state index contributed by atoms with van der Waals surface area (Å²) in [5.74, 6) is 0.437. The van der Waals surface area contributed by atoms with Crippen LogP contribution in [0.15, 0.2) is 50.9 Å². The van der Waals surface area contributed by atoms with Gasteiger partial charge in [-0.15, -0.1) is 0 Å². The number of halogens is 3. The lowest BCUT2D eigenvalue weighted by atomic mass is 10.1. The Bertz CT molecular complexity index is 923. The maximum atomic E-state index is 12.5. The molecule has 7 heteroatoms. The number of carbonyl (C=O) groups is 1.